The number of rotatable bonds is 4. The number of hydrogen-bond acceptors (Lipinski definition) is 2. The first-order valence-electron chi connectivity index (χ1n) is 5.78. The zero-order chi connectivity index (χ0) is 15.6. The second kappa shape index (κ2) is 6.17. The van der Waals surface area contributed by atoms with Crippen molar-refractivity contribution in [1.29, 1.82) is 0 Å². The van der Waals surface area contributed by atoms with Gasteiger partial charge < -0.3 is 10.4 Å². The Hall–Kier alpha value is -2.02. The number of benzene rings is 2. The Morgan fingerprint density at radius 3 is 2.29 bits per heavy atom. The largest absolute Gasteiger partial charge is 0.479 e. The molecule has 2 rings (SSSR count). The Bertz CT molecular complexity index is 671. The van der Waals surface area contributed by atoms with Crippen molar-refractivity contribution in [2.24, 2.45) is 0 Å². The Kier molecular flexibility index (Phi) is 4.52. The summed E-state index contributed by atoms with van der Waals surface area (Å²) in [6.45, 7) is 0. The van der Waals surface area contributed by atoms with Gasteiger partial charge in [-0.05, 0) is 35.9 Å². The SMILES string of the molecule is O=C(O)C(Nc1cccc(Br)c1)c1cc(F)c(F)c(F)c1. The van der Waals surface area contributed by atoms with Crippen LogP contribution in [0.25, 0.3) is 0 Å². The van der Waals surface area contributed by atoms with Crippen LogP contribution in [0.3, 0.4) is 0 Å². The van der Waals surface area contributed by atoms with E-state index in [-0.39, 0.29) is 5.56 Å². The summed E-state index contributed by atoms with van der Waals surface area (Å²) in [6, 6.07) is 6.49. The van der Waals surface area contributed by atoms with Crippen LogP contribution in [0, 0.1) is 17.5 Å². The maximum absolute atomic E-state index is 13.2. The highest BCUT2D eigenvalue weighted by molar-refractivity contribution is 9.10. The molecule has 0 amide bonds. The van der Waals surface area contributed by atoms with Crippen molar-refractivity contribution in [3.8, 4) is 0 Å². The first-order valence-corrected chi connectivity index (χ1v) is 6.57. The maximum Gasteiger partial charge on any atom is 0.330 e. The second-order valence-corrected chi connectivity index (χ2v) is 5.14. The molecule has 2 N–H and O–H groups in total. The van der Waals surface area contributed by atoms with Crippen molar-refractivity contribution in [1.82, 2.24) is 0 Å². The third kappa shape index (κ3) is 3.55. The quantitative estimate of drug-likeness (QED) is 0.807. The van der Waals surface area contributed by atoms with Crippen LogP contribution in [-0.4, -0.2) is 11.1 Å². The third-order valence-electron chi connectivity index (χ3n) is 2.72. The lowest BCUT2D eigenvalue weighted by atomic mass is 10.1. The molecule has 7 heteroatoms. The summed E-state index contributed by atoms with van der Waals surface area (Å²) in [5.41, 5.74) is 0.209. The monoisotopic (exact) mass is 359 g/mol. The first-order chi connectivity index (χ1) is 9.88. The lowest BCUT2D eigenvalue weighted by Gasteiger charge is -2.17. The molecule has 110 valence electrons. The average Bonchev–Trinajstić information content (AvgIpc) is 2.41. The van der Waals surface area contributed by atoms with Crippen LogP contribution in [0.2, 0.25) is 0 Å². The molecule has 0 aliphatic heterocycles. The summed E-state index contributed by atoms with van der Waals surface area (Å²) >= 11 is 3.22. The second-order valence-electron chi connectivity index (χ2n) is 4.22. The van der Waals surface area contributed by atoms with Gasteiger partial charge in [0.1, 0.15) is 0 Å². The van der Waals surface area contributed by atoms with Crippen molar-refractivity contribution in [2.75, 3.05) is 5.32 Å². The average molecular weight is 360 g/mol. The molecule has 2 aromatic carbocycles. The highest BCUT2D eigenvalue weighted by Crippen LogP contribution is 2.25. The number of halogens is 4. The summed E-state index contributed by atoms with van der Waals surface area (Å²) in [5, 5.41) is 11.8. The molecule has 0 heterocycles. The van der Waals surface area contributed by atoms with E-state index in [4.69, 9.17) is 0 Å². The minimum atomic E-state index is -1.63. The Balaban J connectivity index is 2.38. The summed E-state index contributed by atoms with van der Waals surface area (Å²) in [6.07, 6.45) is 0. The van der Waals surface area contributed by atoms with Gasteiger partial charge in [0.2, 0.25) is 0 Å². The highest BCUT2D eigenvalue weighted by atomic mass is 79.9. The van der Waals surface area contributed by atoms with Crippen LogP contribution in [0.1, 0.15) is 11.6 Å². The number of aliphatic carboxylic acids is 1. The first kappa shape index (κ1) is 15.4. The summed E-state index contributed by atoms with van der Waals surface area (Å²) in [7, 11) is 0. The molecular formula is C14H9BrF3NO2. The van der Waals surface area contributed by atoms with Crippen molar-refractivity contribution < 1.29 is 23.1 Å². The molecule has 2 aromatic rings. The van der Waals surface area contributed by atoms with Crippen LogP contribution < -0.4 is 5.32 Å². The molecule has 0 saturated carbocycles. The zero-order valence-corrected chi connectivity index (χ0v) is 12.0. The molecular weight excluding hydrogens is 351 g/mol. The van der Waals surface area contributed by atoms with Gasteiger partial charge in [-0.3, -0.25) is 0 Å². The van der Waals surface area contributed by atoms with Gasteiger partial charge in [-0.15, -0.1) is 0 Å². The van der Waals surface area contributed by atoms with E-state index in [9.17, 15) is 23.1 Å². The highest BCUT2D eigenvalue weighted by Gasteiger charge is 2.23. The molecule has 3 nitrogen and oxygen atoms in total. The lowest BCUT2D eigenvalue weighted by Crippen LogP contribution is -2.21. The molecule has 0 aliphatic carbocycles. The summed E-state index contributed by atoms with van der Waals surface area (Å²) < 4.78 is 40.1. The number of anilines is 1. The van der Waals surface area contributed by atoms with E-state index in [1.54, 1.807) is 24.3 Å². The fourth-order valence-corrected chi connectivity index (χ4v) is 2.17. The van der Waals surface area contributed by atoms with Crippen LogP contribution in [0.5, 0.6) is 0 Å². The Morgan fingerprint density at radius 1 is 1.14 bits per heavy atom. The molecule has 0 bridgehead atoms. The Labute approximate surface area is 126 Å². The summed E-state index contributed by atoms with van der Waals surface area (Å²) in [4.78, 5) is 11.3. The Morgan fingerprint density at radius 2 is 1.76 bits per heavy atom. The van der Waals surface area contributed by atoms with Crippen LogP contribution in [0.4, 0.5) is 18.9 Å². The van der Waals surface area contributed by atoms with Crippen molar-refractivity contribution in [3.63, 3.8) is 0 Å². The molecule has 21 heavy (non-hydrogen) atoms. The molecule has 0 aliphatic rings. The van der Waals surface area contributed by atoms with Gasteiger partial charge in [0.15, 0.2) is 23.5 Å². The standard InChI is InChI=1S/C14H9BrF3NO2/c15-8-2-1-3-9(6-8)19-13(14(20)21)7-4-10(16)12(18)11(17)5-7/h1-6,13,19H,(H,20,21). The summed E-state index contributed by atoms with van der Waals surface area (Å²) in [5.74, 6) is -5.86. The molecule has 0 spiro atoms. The predicted octanol–water partition coefficient (Wildman–Crippen LogP) is 4.10. The molecule has 1 atom stereocenters. The van der Waals surface area contributed by atoms with E-state index in [1.165, 1.54) is 0 Å². The van der Waals surface area contributed by atoms with Crippen molar-refractivity contribution in [3.05, 3.63) is 63.9 Å². The number of carboxylic acid groups (broad SMARTS) is 1. The van der Waals surface area contributed by atoms with Gasteiger partial charge in [-0.1, -0.05) is 22.0 Å². The minimum absolute atomic E-state index is 0.223. The number of carbonyl (C=O) groups is 1. The predicted molar refractivity (Wildman–Crippen MR) is 74.5 cm³/mol. The topological polar surface area (TPSA) is 49.3 Å². The van der Waals surface area contributed by atoms with E-state index in [0.717, 1.165) is 0 Å². The van der Waals surface area contributed by atoms with Crippen LogP contribution in [-0.2, 0) is 4.79 Å². The van der Waals surface area contributed by atoms with Crippen molar-refractivity contribution >= 4 is 27.6 Å². The minimum Gasteiger partial charge on any atom is -0.479 e. The van der Waals surface area contributed by atoms with Crippen LogP contribution in [0.15, 0.2) is 40.9 Å². The molecule has 1 unspecified atom stereocenters. The van der Waals surface area contributed by atoms with E-state index in [0.29, 0.717) is 22.3 Å². The van der Waals surface area contributed by atoms with Gasteiger partial charge in [-0.2, -0.15) is 0 Å². The number of carboxylic acids is 1. The molecule has 0 radical (unpaired) electrons. The molecule has 0 aromatic heterocycles. The normalized spacial score (nSPS) is 12.0. The van der Waals surface area contributed by atoms with E-state index < -0.39 is 29.5 Å². The van der Waals surface area contributed by atoms with Gasteiger partial charge in [0.25, 0.3) is 0 Å². The fourth-order valence-electron chi connectivity index (χ4n) is 1.77. The molecule has 0 saturated heterocycles. The number of nitrogens with one attached hydrogen (secondary N) is 1. The van der Waals surface area contributed by atoms with Gasteiger partial charge in [-0.25, -0.2) is 18.0 Å². The smallest absolute Gasteiger partial charge is 0.330 e. The van der Waals surface area contributed by atoms with Crippen molar-refractivity contribution in [2.45, 2.75) is 6.04 Å². The fraction of sp³-hybridized carbons (Fsp3) is 0.0714. The van der Waals surface area contributed by atoms with Gasteiger partial charge in [0, 0.05) is 10.2 Å². The van der Waals surface area contributed by atoms with Gasteiger partial charge >= 0.3 is 5.97 Å². The van der Waals surface area contributed by atoms with E-state index >= 15 is 0 Å². The van der Waals surface area contributed by atoms with E-state index in [2.05, 4.69) is 21.2 Å². The molecule has 0 fully saturated rings. The lowest BCUT2D eigenvalue weighted by molar-refractivity contribution is -0.138. The van der Waals surface area contributed by atoms with Gasteiger partial charge in [0.05, 0.1) is 0 Å². The third-order valence-corrected chi connectivity index (χ3v) is 3.22. The zero-order valence-electron chi connectivity index (χ0n) is 10.4. The van der Waals surface area contributed by atoms with Crippen LogP contribution >= 0.6 is 15.9 Å². The van der Waals surface area contributed by atoms with E-state index in [1.807, 2.05) is 0 Å². The maximum atomic E-state index is 13.2. The number of hydrogen-bond donors (Lipinski definition) is 2.